The van der Waals surface area contributed by atoms with E-state index in [0.717, 1.165) is 16.7 Å². The molecule has 2 aromatic carbocycles. The summed E-state index contributed by atoms with van der Waals surface area (Å²) in [6, 6.07) is 13.8. The zero-order valence-electron chi connectivity index (χ0n) is 14.5. The quantitative estimate of drug-likeness (QED) is 0.614. The fourth-order valence-electron chi connectivity index (χ4n) is 3.20. The van der Waals surface area contributed by atoms with Crippen molar-refractivity contribution < 1.29 is 22.5 Å². The van der Waals surface area contributed by atoms with Gasteiger partial charge in [0, 0.05) is 6.54 Å². The van der Waals surface area contributed by atoms with Gasteiger partial charge in [-0.2, -0.15) is 8.42 Å². The normalized spacial score (nSPS) is 16.5. The van der Waals surface area contributed by atoms with Crippen LogP contribution in [0, 0.1) is 6.92 Å². The van der Waals surface area contributed by atoms with E-state index in [1.165, 1.54) is 17.0 Å². The molecule has 0 aliphatic carbocycles. The van der Waals surface area contributed by atoms with Crippen molar-refractivity contribution in [3.63, 3.8) is 0 Å². The van der Waals surface area contributed by atoms with Gasteiger partial charge in [-0.3, -0.25) is 9.08 Å². The average Bonchev–Trinajstić information content (AvgIpc) is 2.98. The molecule has 1 amide bonds. The largest absolute Gasteiger partial charge is 0.465 e. The molecule has 1 aliphatic rings. The highest BCUT2D eigenvalue weighted by molar-refractivity contribution is 7.86. The van der Waals surface area contributed by atoms with Crippen molar-refractivity contribution in [1.82, 2.24) is 4.90 Å². The Morgan fingerprint density at radius 3 is 2.58 bits per heavy atom. The Morgan fingerprint density at radius 2 is 1.88 bits per heavy atom. The summed E-state index contributed by atoms with van der Waals surface area (Å²) in [5, 5.41) is 9.41. The lowest BCUT2D eigenvalue weighted by atomic mass is 10.0. The summed E-state index contributed by atoms with van der Waals surface area (Å²) in [4.78, 5) is 13.0. The summed E-state index contributed by atoms with van der Waals surface area (Å²) < 4.78 is 29.5. The molecule has 0 bridgehead atoms. The van der Waals surface area contributed by atoms with E-state index in [0.29, 0.717) is 19.4 Å². The lowest BCUT2D eigenvalue weighted by Crippen LogP contribution is -2.28. The molecule has 0 saturated carbocycles. The third kappa shape index (κ3) is 3.89. The van der Waals surface area contributed by atoms with E-state index in [-0.39, 0.29) is 17.5 Å². The minimum Gasteiger partial charge on any atom is -0.465 e. The number of carboxylic acid groups (broad SMARTS) is 1. The van der Waals surface area contributed by atoms with Gasteiger partial charge >= 0.3 is 6.09 Å². The summed E-state index contributed by atoms with van der Waals surface area (Å²) in [7, 11) is -3.79. The van der Waals surface area contributed by atoms with Gasteiger partial charge in [0.05, 0.1) is 17.5 Å². The van der Waals surface area contributed by atoms with Crippen LogP contribution in [0.25, 0.3) is 0 Å². The van der Waals surface area contributed by atoms with Gasteiger partial charge in [-0.05, 0) is 43.0 Å². The molecule has 0 spiro atoms. The molecule has 26 heavy (non-hydrogen) atoms. The van der Waals surface area contributed by atoms with Crippen LogP contribution < -0.4 is 0 Å². The third-order valence-electron chi connectivity index (χ3n) is 4.55. The van der Waals surface area contributed by atoms with Gasteiger partial charge < -0.3 is 5.11 Å². The number of amides is 1. The summed E-state index contributed by atoms with van der Waals surface area (Å²) in [6.07, 6.45) is -0.0277. The number of hydrogen-bond acceptors (Lipinski definition) is 4. The van der Waals surface area contributed by atoms with Gasteiger partial charge in [-0.1, -0.05) is 42.0 Å². The van der Waals surface area contributed by atoms with Crippen LogP contribution in [-0.4, -0.2) is 31.1 Å². The van der Waals surface area contributed by atoms with Crippen molar-refractivity contribution >= 4 is 16.2 Å². The molecule has 1 N–H and O–H groups in total. The van der Waals surface area contributed by atoms with E-state index >= 15 is 0 Å². The third-order valence-corrected chi connectivity index (χ3v) is 5.87. The molecule has 2 aromatic rings. The van der Waals surface area contributed by atoms with Gasteiger partial charge in [0.2, 0.25) is 0 Å². The molecule has 0 saturated heterocycles. The number of hydrogen-bond donors (Lipinski definition) is 1. The van der Waals surface area contributed by atoms with Crippen molar-refractivity contribution in [3.05, 3.63) is 65.2 Å². The predicted octanol–water partition coefficient (Wildman–Crippen LogP) is 3.72. The second kappa shape index (κ2) is 7.47. The van der Waals surface area contributed by atoms with Crippen LogP contribution >= 0.6 is 0 Å². The number of carbonyl (C=O) groups is 1. The highest BCUT2D eigenvalue weighted by atomic mass is 32.2. The first-order chi connectivity index (χ1) is 12.4. The molecule has 1 atom stereocenters. The fourth-order valence-corrected chi connectivity index (χ4v) is 4.14. The Bertz CT molecular complexity index is 892. The van der Waals surface area contributed by atoms with Crippen LogP contribution in [0.4, 0.5) is 4.79 Å². The Morgan fingerprint density at radius 1 is 1.19 bits per heavy atom. The van der Waals surface area contributed by atoms with Gasteiger partial charge in [-0.15, -0.1) is 0 Å². The van der Waals surface area contributed by atoms with E-state index in [9.17, 15) is 18.3 Å². The fraction of sp³-hybridized carbons (Fsp3) is 0.316. The molecular formula is C19H21NO5S. The summed E-state index contributed by atoms with van der Waals surface area (Å²) in [5.41, 5.74) is 2.95. The number of nitrogens with zero attached hydrogens (tertiary/aromatic N) is 1. The predicted molar refractivity (Wildman–Crippen MR) is 96.3 cm³/mol. The number of benzene rings is 2. The molecule has 3 rings (SSSR count). The van der Waals surface area contributed by atoms with Crippen molar-refractivity contribution in [2.75, 3.05) is 6.61 Å². The van der Waals surface area contributed by atoms with Crippen LogP contribution in [0.3, 0.4) is 0 Å². The smallest absolute Gasteiger partial charge is 0.408 e. The van der Waals surface area contributed by atoms with Crippen LogP contribution in [0.5, 0.6) is 0 Å². The van der Waals surface area contributed by atoms with Gasteiger partial charge in [-0.25, -0.2) is 4.79 Å². The zero-order chi connectivity index (χ0) is 18.7. The van der Waals surface area contributed by atoms with E-state index < -0.39 is 16.2 Å². The van der Waals surface area contributed by atoms with Crippen molar-refractivity contribution in [1.29, 1.82) is 0 Å². The van der Waals surface area contributed by atoms with Crippen LogP contribution in [0.15, 0.2) is 53.4 Å². The maximum atomic E-state index is 12.2. The van der Waals surface area contributed by atoms with Crippen LogP contribution in [0.1, 0.15) is 35.6 Å². The molecular weight excluding hydrogens is 354 g/mol. The lowest BCUT2D eigenvalue weighted by Gasteiger charge is -2.22. The number of fused-ring (bicyclic) bond motifs is 1. The van der Waals surface area contributed by atoms with Crippen LogP contribution in [0.2, 0.25) is 0 Å². The maximum Gasteiger partial charge on any atom is 0.408 e. The molecule has 1 aliphatic heterocycles. The molecule has 0 fully saturated rings. The second-order valence-corrected chi connectivity index (χ2v) is 7.97. The van der Waals surface area contributed by atoms with Gasteiger partial charge in [0.15, 0.2) is 0 Å². The minimum absolute atomic E-state index is 0.0162. The van der Waals surface area contributed by atoms with Crippen molar-refractivity contribution in [3.8, 4) is 0 Å². The first-order valence-corrected chi connectivity index (χ1v) is 9.83. The molecule has 6 nitrogen and oxygen atoms in total. The Kier molecular flexibility index (Phi) is 5.29. The molecule has 7 heteroatoms. The lowest BCUT2D eigenvalue weighted by molar-refractivity contribution is 0.124. The highest BCUT2D eigenvalue weighted by Crippen LogP contribution is 2.36. The van der Waals surface area contributed by atoms with Gasteiger partial charge in [0.25, 0.3) is 10.1 Å². The minimum atomic E-state index is -3.79. The summed E-state index contributed by atoms with van der Waals surface area (Å²) in [5.74, 6) is 0. The molecule has 0 radical (unpaired) electrons. The van der Waals surface area contributed by atoms with Gasteiger partial charge in [0.1, 0.15) is 0 Å². The number of rotatable bonds is 6. The second-order valence-electron chi connectivity index (χ2n) is 6.36. The van der Waals surface area contributed by atoms with E-state index in [2.05, 4.69) is 0 Å². The van der Waals surface area contributed by atoms with E-state index in [1.54, 1.807) is 12.1 Å². The molecule has 0 aromatic heterocycles. The molecule has 138 valence electrons. The topological polar surface area (TPSA) is 83.9 Å². The average molecular weight is 375 g/mol. The Balaban J connectivity index is 1.60. The maximum absolute atomic E-state index is 12.2. The van der Waals surface area contributed by atoms with E-state index in [1.807, 2.05) is 31.2 Å². The van der Waals surface area contributed by atoms with Crippen molar-refractivity contribution in [2.24, 2.45) is 0 Å². The first-order valence-electron chi connectivity index (χ1n) is 8.42. The number of aryl methyl sites for hydroxylation is 1. The molecule has 0 unspecified atom stereocenters. The molecule has 1 heterocycles. The Labute approximate surface area is 153 Å². The summed E-state index contributed by atoms with van der Waals surface area (Å²) in [6.45, 7) is 2.26. The SMILES string of the molecule is Cc1ccc(S(=O)(=O)OCCC[C@@H]2c3ccccc3CN2C(=O)O)cc1. The van der Waals surface area contributed by atoms with Crippen molar-refractivity contribution in [2.45, 2.75) is 37.2 Å². The zero-order valence-corrected chi connectivity index (χ0v) is 15.3. The summed E-state index contributed by atoms with van der Waals surface area (Å²) >= 11 is 0. The van der Waals surface area contributed by atoms with Crippen LogP contribution in [-0.2, 0) is 20.8 Å². The Hall–Kier alpha value is -2.38. The standard InChI is InChI=1S/C19H21NO5S/c1-14-8-10-16(11-9-14)26(23,24)25-12-4-7-18-17-6-3-2-5-15(17)13-20(18)19(21)22/h2-3,5-6,8-11,18H,4,7,12-13H2,1H3,(H,21,22)/t18-/m1/s1. The van der Waals surface area contributed by atoms with E-state index in [4.69, 9.17) is 4.18 Å². The first kappa shape index (κ1) is 18.4. The monoisotopic (exact) mass is 375 g/mol. The highest BCUT2D eigenvalue weighted by Gasteiger charge is 2.32.